The Kier molecular flexibility index (Phi) is 5.39. The van der Waals surface area contributed by atoms with Crippen LogP contribution in [0.15, 0.2) is 78.0 Å². The summed E-state index contributed by atoms with van der Waals surface area (Å²) in [6.45, 7) is 3.40. The average Bonchev–Trinajstić information content (AvgIpc) is 3.05. The normalized spacial score (nSPS) is 11.0. The maximum atomic E-state index is 5.92. The van der Waals surface area contributed by atoms with E-state index in [0.717, 1.165) is 29.0 Å². The van der Waals surface area contributed by atoms with Crippen molar-refractivity contribution in [1.82, 2.24) is 14.8 Å². The molecular formula is C22H21N3OS. The van der Waals surface area contributed by atoms with E-state index in [0.29, 0.717) is 6.61 Å². The van der Waals surface area contributed by atoms with E-state index in [1.165, 1.54) is 16.3 Å². The number of aromatic nitrogens is 3. The van der Waals surface area contributed by atoms with E-state index in [1.807, 2.05) is 31.2 Å². The highest BCUT2D eigenvalue weighted by Crippen LogP contribution is 2.22. The van der Waals surface area contributed by atoms with Gasteiger partial charge in [-0.05, 0) is 35.4 Å². The van der Waals surface area contributed by atoms with Crippen molar-refractivity contribution in [1.29, 1.82) is 0 Å². The van der Waals surface area contributed by atoms with E-state index in [2.05, 4.69) is 63.3 Å². The Hall–Kier alpha value is -2.79. The second kappa shape index (κ2) is 8.27. The molecule has 0 saturated carbocycles. The number of hydrogen-bond acceptors (Lipinski definition) is 4. The largest absolute Gasteiger partial charge is 0.493 e. The number of rotatable bonds is 7. The van der Waals surface area contributed by atoms with E-state index in [9.17, 15) is 0 Å². The molecule has 4 nitrogen and oxygen atoms in total. The number of thioether (sulfide) groups is 1. The lowest BCUT2D eigenvalue weighted by Crippen LogP contribution is -2.06. The first-order valence-corrected chi connectivity index (χ1v) is 9.96. The summed E-state index contributed by atoms with van der Waals surface area (Å²) in [5.41, 5.74) is 1.25. The third kappa shape index (κ3) is 4.31. The highest BCUT2D eigenvalue weighted by Gasteiger charge is 2.10. The Labute approximate surface area is 163 Å². The lowest BCUT2D eigenvalue weighted by atomic mass is 10.1. The van der Waals surface area contributed by atoms with Crippen molar-refractivity contribution in [3.63, 3.8) is 0 Å². The molecule has 0 N–H and O–H groups in total. The van der Waals surface area contributed by atoms with Gasteiger partial charge in [0.05, 0.1) is 13.2 Å². The van der Waals surface area contributed by atoms with E-state index in [4.69, 9.17) is 4.74 Å². The van der Waals surface area contributed by atoms with Crippen molar-refractivity contribution in [3.8, 4) is 5.75 Å². The van der Waals surface area contributed by atoms with Crippen molar-refractivity contribution in [2.75, 3.05) is 12.4 Å². The summed E-state index contributed by atoms with van der Waals surface area (Å²) < 4.78 is 8.07. The predicted molar refractivity (Wildman–Crippen MR) is 110 cm³/mol. The van der Waals surface area contributed by atoms with Crippen molar-refractivity contribution in [3.05, 3.63) is 84.2 Å². The fourth-order valence-electron chi connectivity index (χ4n) is 2.97. The van der Waals surface area contributed by atoms with E-state index >= 15 is 0 Å². The van der Waals surface area contributed by atoms with Crippen LogP contribution in [0.4, 0.5) is 0 Å². The predicted octanol–water partition coefficient (Wildman–Crippen LogP) is 4.96. The SMILES string of the molecule is Cc1nnc(SCCOc2ccc3ccccc3c2)n1Cc1ccccc1. The van der Waals surface area contributed by atoms with Crippen molar-refractivity contribution < 1.29 is 4.74 Å². The van der Waals surface area contributed by atoms with Crippen LogP contribution in [-0.2, 0) is 6.54 Å². The van der Waals surface area contributed by atoms with Crippen LogP contribution in [0.25, 0.3) is 10.8 Å². The molecule has 4 aromatic rings. The van der Waals surface area contributed by atoms with Crippen LogP contribution in [0.1, 0.15) is 11.4 Å². The Morgan fingerprint density at radius 1 is 0.889 bits per heavy atom. The standard InChI is InChI=1S/C22H21N3OS/c1-17-23-24-22(25(17)16-18-7-3-2-4-8-18)27-14-13-26-21-12-11-19-9-5-6-10-20(19)15-21/h2-12,15H,13-14,16H2,1H3. The molecule has 0 amide bonds. The molecule has 136 valence electrons. The zero-order valence-corrected chi connectivity index (χ0v) is 16.0. The van der Waals surface area contributed by atoms with Crippen molar-refractivity contribution in [2.45, 2.75) is 18.6 Å². The summed E-state index contributed by atoms with van der Waals surface area (Å²) in [5, 5.41) is 11.9. The Morgan fingerprint density at radius 3 is 2.52 bits per heavy atom. The minimum atomic E-state index is 0.625. The van der Waals surface area contributed by atoms with Gasteiger partial charge in [-0.15, -0.1) is 10.2 Å². The molecule has 0 bridgehead atoms. The van der Waals surface area contributed by atoms with Gasteiger partial charge >= 0.3 is 0 Å². The molecule has 1 aromatic heterocycles. The lowest BCUT2D eigenvalue weighted by molar-refractivity contribution is 0.344. The second-order valence-corrected chi connectivity index (χ2v) is 7.37. The van der Waals surface area contributed by atoms with Gasteiger partial charge in [0.2, 0.25) is 0 Å². The molecule has 0 fully saturated rings. The summed E-state index contributed by atoms with van der Waals surface area (Å²) in [6.07, 6.45) is 0. The molecule has 1 heterocycles. The summed E-state index contributed by atoms with van der Waals surface area (Å²) >= 11 is 1.67. The molecule has 0 aliphatic rings. The zero-order valence-electron chi connectivity index (χ0n) is 15.2. The minimum Gasteiger partial charge on any atom is -0.493 e. The van der Waals surface area contributed by atoms with Gasteiger partial charge in [-0.3, -0.25) is 0 Å². The monoisotopic (exact) mass is 375 g/mol. The summed E-state index contributed by atoms with van der Waals surface area (Å²) in [5.74, 6) is 2.65. The summed E-state index contributed by atoms with van der Waals surface area (Å²) in [6, 6.07) is 24.9. The maximum Gasteiger partial charge on any atom is 0.191 e. The van der Waals surface area contributed by atoms with Crippen LogP contribution in [0.3, 0.4) is 0 Å². The summed E-state index contributed by atoms with van der Waals surface area (Å²) in [4.78, 5) is 0. The summed E-state index contributed by atoms with van der Waals surface area (Å²) in [7, 11) is 0. The van der Waals surface area contributed by atoms with Crippen LogP contribution in [0.5, 0.6) is 5.75 Å². The van der Waals surface area contributed by atoms with E-state index < -0.39 is 0 Å². The van der Waals surface area contributed by atoms with Crippen LogP contribution in [-0.4, -0.2) is 27.1 Å². The van der Waals surface area contributed by atoms with E-state index in [-0.39, 0.29) is 0 Å². The molecule has 0 aliphatic carbocycles. The highest BCUT2D eigenvalue weighted by molar-refractivity contribution is 7.99. The van der Waals surface area contributed by atoms with Crippen LogP contribution in [0, 0.1) is 6.92 Å². The first-order chi connectivity index (χ1) is 13.3. The molecule has 3 aromatic carbocycles. The quantitative estimate of drug-likeness (QED) is 0.338. The molecule has 4 rings (SSSR count). The van der Waals surface area contributed by atoms with Crippen LogP contribution >= 0.6 is 11.8 Å². The number of hydrogen-bond donors (Lipinski definition) is 0. The van der Waals surface area contributed by atoms with Gasteiger partial charge in [0.1, 0.15) is 11.6 Å². The molecule has 0 spiro atoms. The minimum absolute atomic E-state index is 0.625. The van der Waals surface area contributed by atoms with E-state index in [1.54, 1.807) is 11.8 Å². The fraction of sp³-hybridized carbons (Fsp3) is 0.182. The Bertz CT molecular complexity index is 1030. The third-order valence-electron chi connectivity index (χ3n) is 4.39. The Morgan fingerprint density at radius 2 is 1.67 bits per heavy atom. The van der Waals surface area contributed by atoms with Gasteiger partial charge in [0, 0.05) is 5.75 Å². The third-order valence-corrected chi connectivity index (χ3v) is 5.32. The first-order valence-electron chi connectivity index (χ1n) is 8.98. The number of nitrogens with zero attached hydrogens (tertiary/aromatic N) is 3. The molecule has 0 radical (unpaired) electrons. The number of benzene rings is 3. The molecule has 0 unspecified atom stereocenters. The van der Waals surface area contributed by atoms with Gasteiger partial charge in [0.15, 0.2) is 5.16 Å². The maximum absolute atomic E-state index is 5.92. The van der Waals surface area contributed by atoms with Gasteiger partial charge < -0.3 is 9.30 Å². The smallest absolute Gasteiger partial charge is 0.191 e. The second-order valence-electron chi connectivity index (χ2n) is 6.31. The number of aryl methyl sites for hydroxylation is 1. The molecule has 5 heteroatoms. The molecule has 0 aliphatic heterocycles. The average molecular weight is 375 g/mol. The lowest BCUT2D eigenvalue weighted by Gasteiger charge is -2.09. The van der Waals surface area contributed by atoms with Crippen LogP contribution in [0.2, 0.25) is 0 Å². The van der Waals surface area contributed by atoms with Crippen LogP contribution < -0.4 is 4.74 Å². The zero-order chi connectivity index (χ0) is 18.5. The topological polar surface area (TPSA) is 39.9 Å². The molecular weight excluding hydrogens is 354 g/mol. The molecule has 0 atom stereocenters. The highest BCUT2D eigenvalue weighted by atomic mass is 32.2. The first kappa shape index (κ1) is 17.6. The van der Waals surface area contributed by atoms with Gasteiger partial charge in [-0.25, -0.2) is 0 Å². The van der Waals surface area contributed by atoms with Gasteiger partial charge in [0.25, 0.3) is 0 Å². The van der Waals surface area contributed by atoms with Gasteiger partial charge in [-0.1, -0.05) is 72.4 Å². The van der Waals surface area contributed by atoms with Gasteiger partial charge in [-0.2, -0.15) is 0 Å². The number of ether oxygens (including phenoxy) is 1. The number of fused-ring (bicyclic) bond motifs is 1. The molecule has 0 saturated heterocycles. The van der Waals surface area contributed by atoms with Crippen molar-refractivity contribution in [2.24, 2.45) is 0 Å². The fourth-order valence-corrected chi connectivity index (χ4v) is 3.77. The molecule has 27 heavy (non-hydrogen) atoms. The van der Waals surface area contributed by atoms with Crippen molar-refractivity contribution >= 4 is 22.5 Å². The Balaban J connectivity index is 1.35.